The number of ether oxygens (including phenoxy) is 1. The maximum absolute atomic E-state index is 5.43. The van der Waals surface area contributed by atoms with Crippen molar-refractivity contribution < 1.29 is 4.74 Å². The molecule has 1 saturated heterocycles. The summed E-state index contributed by atoms with van der Waals surface area (Å²) in [5.74, 6) is 0. The number of anilines is 1. The quantitative estimate of drug-likeness (QED) is 0.889. The zero-order valence-electron chi connectivity index (χ0n) is 8.71. The Bertz CT molecular complexity index is 291. The first-order valence-electron chi connectivity index (χ1n) is 5.44. The fourth-order valence-electron chi connectivity index (χ4n) is 1.83. The Morgan fingerprint density at radius 3 is 2.73 bits per heavy atom. The Morgan fingerprint density at radius 1 is 1.13 bits per heavy atom. The van der Waals surface area contributed by atoms with E-state index in [1.807, 2.05) is 0 Å². The predicted molar refractivity (Wildman–Crippen MR) is 66.2 cm³/mol. The van der Waals surface area contributed by atoms with E-state index in [9.17, 15) is 0 Å². The van der Waals surface area contributed by atoms with Crippen LogP contribution < -0.4 is 5.32 Å². The van der Waals surface area contributed by atoms with Gasteiger partial charge in [-0.3, -0.25) is 0 Å². The molecule has 0 aromatic heterocycles. The van der Waals surface area contributed by atoms with E-state index in [1.54, 1.807) is 0 Å². The highest BCUT2D eigenvalue weighted by Crippen LogP contribution is 2.18. The smallest absolute Gasteiger partial charge is 0.0485 e. The second-order valence-electron chi connectivity index (χ2n) is 3.89. The Kier molecular flexibility index (Phi) is 4.03. The highest BCUT2D eigenvalue weighted by Gasteiger charge is 2.11. The van der Waals surface area contributed by atoms with Crippen molar-refractivity contribution in [1.82, 2.24) is 0 Å². The average molecular weight is 270 g/mol. The largest absolute Gasteiger partial charge is 0.382 e. The molecule has 15 heavy (non-hydrogen) atoms. The van der Waals surface area contributed by atoms with Gasteiger partial charge in [-0.05, 0) is 43.5 Å². The summed E-state index contributed by atoms with van der Waals surface area (Å²) in [4.78, 5) is 0. The summed E-state index contributed by atoms with van der Waals surface area (Å²) in [5, 5.41) is 3.55. The fourth-order valence-corrected chi connectivity index (χ4v) is 2.09. The van der Waals surface area contributed by atoms with Gasteiger partial charge in [0.05, 0.1) is 0 Å². The highest BCUT2D eigenvalue weighted by atomic mass is 79.9. The number of rotatable bonds is 2. The van der Waals surface area contributed by atoms with Crippen LogP contribution in [0.3, 0.4) is 0 Å². The number of hydrogen-bond donors (Lipinski definition) is 1. The van der Waals surface area contributed by atoms with Crippen LogP contribution in [-0.2, 0) is 4.74 Å². The van der Waals surface area contributed by atoms with Crippen LogP contribution in [0.2, 0.25) is 0 Å². The molecule has 0 amide bonds. The number of hydrogen-bond acceptors (Lipinski definition) is 2. The van der Waals surface area contributed by atoms with Gasteiger partial charge in [-0.1, -0.05) is 15.9 Å². The standard InChI is InChI=1S/C12H16BrNO/c13-10-3-5-12(6-4-10)14-11-2-1-8-15-9-7-11/h3-6,11,14H,1-2,7-9H2. The normalized spacial score (nSPS) is 22.1. The minimum atomic E-state index is 0.564. The van der Waals surface area contributed by atoms with E-state index in [2.05, 4.69) is 45.5 Å². The first kappa shape index (κ1) is 11.0. The third-order valence-corrected chi connectivity index (χ3v) is 3.20. The summed E-state index contributed by atoms with van der Waals surface area (Å²) in [6.45, 7) is 1.80. The summed E-state index contributed by atoms with van der Waals surface area (Å²) >= 11 is 3.44. The van der Waals surface area contributed by atoms with E-state index in [1.165, 1.54) is 12.1 Å². The van der Waals surface area contributed by atoms with Crippen molar-refractivity contribution in [2.75, 3.05) is 18.5 Å². The van der Waals surface area contributed by atoms with E-state index in [-0.39, 0.29) is 0 Å². The molecule has 0 radical (unpaired) electrons. The molecule has 1 aromatic rings. The molecule has 1 aromatic carbocycles. The topological polar surface area (TPSA) is 21.3 Å². The van der Waals surface area contributed by atoms with Crippen molar-refractivity contribution in [2.45, 2.75) is 25.3 Å². The van der Waals surface area contributed by atoms with Gasteiger partial charge in [-0.2, -0.15) is 0 Å². The summed E-state index contributed by atoms with van der Waals surface area (Å²) in [6.07, 6.45) is 3.47. The Balaban J connectivity index is 1.92. The van der Waals surface area contributed by atoms with Crippen LogP contribution in [0.25, 0.3) is 0 Å². The predicted octanol–water partition coefficient (Wildman–Crippen LogP) is 3.43. The zero-order valence-corrected chi connectivity index (χ0v) is 10.3. The summed E-state index contributed by atoms with van der Waals surface area (Å²) in [7, 11) is 0. The van der Waals surface area contributed by atoms with Crippen LogP contribution in [0.1, 0.15) is 19.3 Å². The SMILES string of the molecule is Brc1ccc(NC2CCCOCC2)cc1. The van der Waals surface area contributed by atoms with Crippen molar-refractivity contribution in [3.63, 3.8) is 0 Å². The molecular weight excluding hydrogens is 254 g/mol. The molecule has 0 saturated carbocycles. The van der Waals surface area contributed by atoms with Crippen molar-refractivity contribution in [1.29, 1.82) is 0 Å². The van der Waals surface area contributed by atoms with Gasteiger partial charge in [0.15, 0.2) is 0 Å². The lowest BCUT2D eigenvalue weighted by Gasteiger charge is -2.16. The Labute approximate surface area is 99.1 Å². The second-order valence-corrected chi connectivity index (χ2v) is 4.81. The van der Waals surface area contributed by atoms with Crippen molar-refractivity contribution >= 4 is 21.6 Å². The fraction of sp³-hybridized carbons (Fsp3) is 0.500. The van der Waals surface area contributed by atoms with E-state index < -0.39 is 0 Å². The minimum absolute atomic E-state index is 0.564. The molecular formula is C12H16BrNO. The van der Waals surface area contributed by atoms with Gasteiger partial charge in [-0.15, -0.1) is 0 Å². The van der Waals surface area contributed by atoms with Gasteiger partial charge in [-0.25, -0.2) is 0 Å². The number of nitrogens with one attached hydrogen (secondary N) is 1. The van der Waals surface area contributed by atoms with Gasteiger partial charge >= 0.3 is 0 Å². The van der Waals surface area contributed by atoms with Gasteiger partial charge in [0.25, 0.3) is 0 Å². The van der Waals surface area contributed by atoms with Crippen LogP contribution in [0, 0.1) is 0 Å². The minimum Gasteiger partial charge on any atom is -0.382 e. The van der Waals surface area contributed by atoms with Crippen molar-refractivity contribution in [3.8, 4) is 0 Å². The van der Waals surface area contributed by atoms with Crippen LogP contribution in [0.4, 0.5) is 5.69 Å². The molecule has 1 fully saturated rings. The van der Waals surface area contributed by atoms with Gasteiger partial charge in [0.1, 0.15) is 0 Å². The molecule has 1 atom stereocenters. The average Bonchev–Trinajstić information content (AvgIpc) is 2.50. The molecule has 2 nitrogen and oxygen atoms in total. The highest BCUT2D eigenvalue weighted by molar-refractivity contribution is 9.10. The van der Waals surface area contributed by atoms with Gasteiger partial charge in [0, 0.05) is 29.4 Å². The van der Waals surface area contributed by atoms with Crippen LogP contribution in [-0.4, -0.2) is 19.3 Å². The third-order valence-electron chi connectivity index (χ3n) is 2.67. The molecule has 0 aliphatic carbocycles. The molecule has 1 heterocycles. The van der Waals surface area contributed by atoms with E-state index in [0.29, 0.717) is 6.04 Å². The van der Waals surface area contributed by atoms with Crippen molar-refractivity contribution in [2.24, 2.45) is 0 Å². The molecule has 1 N–H and O–H groups in total. The Hall–Kier alpha value is -0.540. The lowest BCUT2D eigenvalue weighted by atomic mass is 10.1. The first-order chi connectivity index (χ1) is 7.34. The van der Waals surface area contributed by atoms with E-state index >= 15 is 0 Å². The van der Waals surface area contributed by atoms with E-state index in [4.69, 9.17) is 4.74 Å². The first-order valence-corrected chi connectivity index (χ1v) is 6.24. The molecule has 1 aliphatic heterocycles. The number of benzene rings is 1. The maximum Gasteiger partial charge on any atom is 0.0485 e. The second kappa shape index (κ2) is 5.52. The molecule has 1 unspecified atom stereocenters. The summed E-state index contributed by atoms with van der Waals surface area (Å²) < 4.78 is 6.56. The third kappa shape index (κ3) is 3.50. The molecule has 1 aliphatic rings. The van der Waals surface area contributed by atoms with Crippen LogP contribution in [0.15, 0.2) is 28.7 Å². The molecule has 0 bridgehead atoms. The summed E-state index contributed by atoms with van der Waals surface area (Å²) in [5.41, 5.74) is 1.20. The summed E-state index contributed by atoms with van der Waals surface area (Å²) in [6, 6.07) is 8.91. The maximum atomic E-state index is 5.43. The monoisotopic (exact) mass is 269 g/mol. The number of halogens is 1. The lowest BCUT2D eigenvalue weighted by molar-refractivity contribution is 0.144. The van der Waals surface area contributed by atoms with E-state index in [0.717, 1.165) is 30.5 Å². The zero-order chi connectivity index (χ0) is 10.5. The van der Waals surface area contributed by atoms with Crippen LogP contribution in [0.5, 0.6) is 0 Å². The molecule has 82 valence electrons. The Morgan fingerprint density at radius 2 is 1.93 bits per heavy atom. The van der Waals surface area contributed by atoms with Gasteiger partial charge in [0.2, 0.25) is 0 Å². The molecule has 2 rings (SSSR count). The molecule has 3 heteroatoms. The molecule has 0 spiro atoms. The lowest BCUT2D eigenvalue weighted by Crippen LogP contribution is -2.19. The van der Waals surface area contributed by atoms with Crippen LogP contribution >= 0.6 is 15.9 Å². The van der Waals surface area contributed by atoms with Crippen molar-refractivity contribution in [3.05, 3.63) is 28.7 Å². The van der Waals surface area contributed by atoms with Gasteiger partial charge < -0.3 is 10.1 Å².